The van der Waals surface area contributed by atoms with Crippen LogP contribution in [0.5, 0.6) is 0 Å². The van der Waals surface area contributed by atoms with Crippen molar-refractivity contribution < 1.29 is 0 Å². The zero-order valence-electron chi connectivity index (χ0n) is 12.1. The summed E-state index contributed by atoms with van der Waals surface area (Å²) in [6, 6.07) is 9.60. The minimum Gasteiger partial charge on any atom is -0.369 e. The number of anilines is 1. The molecule has 1 aromatic carbocycles. The first-order chi connectivity index (χ1) is 9.36. The molecule has 2 aliphatic rings. The molecule has 1 atom stereocenters. The Hall–Kier alpha value is -1.02. The van der Waals surface area contributed by atoms with Crippen molar-refractivity contribution in [3.8, 4) is 0 Å². The second-order valence-corrected chi connectivity index (χ2v) is 6.20. The van der Waals surface area contributed by atoms with Crippen molar-refractivity contribution in [1.82, 2.24) is 5.32 Å². The van der Waals surface area contributed by atoms with Crippen molar-refractivity contribution in [3.63, 3.8) is 0 Å². The lowest BCUT2D eigenvalue weighted by Crippen LogP contribution is -2.41. The SMILES string of the molecule is CCCC1CN(CC2CCC2)c2ccccc2CN1. The van der Waals surface area contributed by atoms with Gasteiger partial charge in [0.25, 0.3) is 0 Å². The van der Waals surface area contributed by atoms with Gasteiger partial charge in [-0.15, -0.1) is 0 Å². The van der Waals surface area contributed by atoms with Crippen molar-refractivity contribution in [1.29, 1.82) is 0 Å². The summed E-state index contributed by atoms with van der Waals surface area (Å²) in [4.78, 5) is 2.65. The second-order valence-electron chi connectivity index (χ2n) is 6.20. The lowest BCUT2D eigenvalue weighted by Gasteiger charge is -2.35. The molecule has 0 bridgehead atoms. The molecule has 1 saturated carbocycles. The number of fused-ring (bicyclic) bond motifs is 1. The lowest BCUT2D eigenvalue weighted by molar-refractivity contribution is 0.314. The third-order valence-corrected chi connectivity index (χ3v) is 4.69. The quantitative estimate of drug-likeness (QED) is 0.888. The standard InChI is InChI=1S/C17H26N2/c1-2-6-16-13-19(12-14-7-5-8-14)17-10-4-3-9-15(17)11-18-16/h3-4,9-10,14,16,18H,2,5-8,11-13H2,1H3. The van der Waals surface area contributed by atoms with Crippen LogP contribution in [0.1, 0.15) is 44.6 Å². The maximum absolute atomic E-state index is 3.74. The molecule has 1 aliphatic carbocycles. The highest BCUT2D eigenvalue weighted by Gasteiger charge is 2.25. The maximum Gasteiger partial charge on any atom is 0.0412 e. The zero-order chi connectivity index (χ0) is 13.1. The maximum atomic E-state index is 3.74. The highest BCUT2D eigenvalue weighted by atomic mass is 15.2. The Labute approximate surface area is 117 Å². The van der Waals surface area contributed by atoms with E-state index in [9.17, 15) is 0 Å². The van der Waals surface area contributed by atoms with Crippen molar-refractivity contribution >= 4 is 5.69 Å². The van der Waals surface area contributed by atoms with Crippen LogP contribution in [0.2, 0.25) is 0 Å². The zero-order valence-corrected chi connectivity index (χ0v) is 12.1. The van der Waals surface area contributed by atoms with Gasteiger partial charge in [0.2, 0.25) is 0 Å². The Morgan fingerprint density at radius 3 is 2.84 bits per heavy atom. The van der Waals surface area contributed by atoms with Crippen molar-refractivity contribution in [2.45, 2.75) is 51.6 Å². The molecule has 1 N–H and O–H groups in total. The van der Waals surface area contributed by atoms with Gasteiger partial charge in [0, 0.05) is 31.4 Å². The molecule has 1 aliphatic heterocycles. The van der Waals surface area contributed by atoms with Crippen LogP contribution in [0, 0.1) is 5.92 Å². The summed E-state index contributed by atoms with van der Waals surface area (Å²) in [6.07, 6.45) is 6.87. The second kappa shape index (κ2) is 5.96. The van der Waals surface area contributed by atoms with Gasteiger partial charge in [-0.2, -0.15) is 0 Å². The van der Waals surface area contributed by atoms with E-state index in [2.05, 4.69) is 41.4 Å². The van der Waals surface area contributed by atoms with Crippen LogP contribution in [0.4, 0.5) is 5.69 Å². The Morgan fingerprint density at radius 2 is 2.11 bits per heavy atom. The topological polar surface area (TPSA) is 15.3 Å². The first-order valence-electron chi connectivity index (χ1n) is 7.93. The fraction of sp³-hybridized carbons (Fsp3) is 0.647. The molecule has 2 heteroatoms. The van der Waals surface area contributed by atoms with Gasteiger partial charge in [-0.05, 0) is 36.8 Å². The molecule has 104 valence electrons. The smallest absolute Gasteiger partial charge is 0.0412 e. The largest absolute Gasteiger partial charge is 0.369 e. The van der Waals surface area contributed by atoms with E-state index in [1.54, 1.807) is 0 Å². The Balaban J connectivity index is 1.78. The van der Waals surface area contributed by atoms with Crippen LogP contribution >= 0.6 is 0 Å². The fourth-order valence-electron chi connectivity index (χ4n) is 3.35. The first-order valence-corrected chi connectivity index (χ1v) is 7.93. The molecule has 1 heterocycles. The van der Waals surface area contributed by atoms with Crippen LogP contribution in [0.25, 0.3) is 0 Å². The van der Waals surface area contributed by atoms with E-state index in [0.29, 0.717) is 6.04 Å². The van der Waals surface area contributed by atoms with E-state index in [1.807, 2.05) is 0 Å². The van der Waals surface area contributed by atoms with Crippen LogP contribution in [-0.4, -0.2) is 19.1 Å². The molecule has 0 amide bonds. The third-order valence-electron chi connectivity index (χ3n) is 4.69. The minimum atomic E-state index is 0.650. The number of hydrogen-bond donors (Lipinski definition) is 1. The summed E-state index contributed by atoms with van der Waals surface area (Å²) in [5.41, 5.74) is 2.95. The van der Waals surface area contributed by atoms with Crippen LogP contribution < -0.4 is 10.2 Å². The Bertz CT molecular complexity index is 411. The summed E-state index contributed by atoms with van der Waals surface area (Å²) < 4.78 is 0. The van der Waals surface area contributed by atoms with Gasteiger partial charge in [0.15, 0.2) is 0 Å². The molecule has 0 spiro atoms. The monoisotopic (exact) mass is 258 g/mol. The minimum absolute atomic E-state index is 0.650. The van der Waals surface area contributed by atoms with Crippen molar-refractivity contribution in [2.75, 3.05) is 18.0 Å². The number of hydrogen-bond acceptors (Lipinski definition) is 2. The third kappa shape index (κ3) is 2.94. The Kier molecular flexibility index (Phi) is 4.07. The number of benzene rings is 1. The Morgan fingerprint density at radius 1 is 1.26 bits per heavy atom. The highest BCUT2D eigenvalue weighted by molar-refractivity contribution is 5.54. The predicted molar refractivity (Wildman–Crippen MR) is 81.5 cm³/mol. The van der Waals surface area contributed by atoms with E-state index in [0.717, 1.165) is 12.5 Å². The molecular formula is C17H26N2. The molecule has 0 aromatic heterocycles. The van der Waals surface area contributed by atoms with Crippen molar-refractivity contribution in [3.05, 3.63) is 29.8 Å². The van der Waals surface area contributed by atoms with Crippen LogP contribution in [-0.2, 0) is 6.54 Å². The normalized spacial score (nSPS) is 23.6. The first kappa shape index (κ1) is 13.0. The molecule has 1 fully saturated rings. The summed E-state index contributed by atoms with van der Waals surface area (Å²) in [7, 11) is 0. The summed E-state index contributed by atoms with van der Waals surface area (Å²) in [6.45, 7) is 5.76. The van der Waals surface area contributed by atoms with Gasteiger partial charge in [-0.3, -0.25) is 0 Å². The highest BCUT2D eigenvalue weighted by Crippen LogP contribution is 2.31. The van der Waals surface area contributed by atoms with Gasteiger partial charge in [-0.1, -0.05) is 38.0 Å². The van der Waals surface area contributed by atoms with E-state index in [1.165, 1.54) is 56.4 Å². The number of para-hydroxylation sites is 1. The van der Waals surface area contributed by atoms with E-state index in [-0.39, 0.29) is 0 Å². The average Bonchev–Trinajstić information content (AvgIpc) is 2.55. The molecule has 0 saturated heterocycles. The number of rotatable bonds is 4. The molecular weight excluding hydrogens is 232 g/mol. The lowest BCUT2D eigenvalue weighted by atomic mass is 9.85. The van der Waals surface area contributed by atoms with Gasteiger partial charge >= 0.3 is 0 Å². The molecule has 0 radical (unpaired) electrons. The van der Waals surface area contributed by atoms with Crippen molar-refractivity contribution in [2.24, 2.45) is 5.92 Å². The molecule has 3 rings (SSSR count). The average molecular weight is 258 g/mol. The van der Waals surface area contributed by atoms with Gasteiger partial charge in [0.1, 0.15) is 0 Å². The summed E-state index contributed by atoms with van der Waals surface area (Å²) >= 11 is 0. The van der Waals surface area contributed by atoms with E-state index >= 15 is 0 Å². The van der Waals surface area contributed by atoms with E-state index in [4.69, 9.17) is 0 Å². The van der Waals surface area contributed by atoms with Crippen LogP contribution in [0.15, 0.2) is 24.3 Å². The van der Waals surface area contributed by atoms with Gasteiger partial charge < -0.3 is 10.2 Å². The number of nitrogens with one attached hydrogen (secondary N) is 1. The van der Waals surface area contributed by atoms with Gasteiger partial charge in [-0.25, -0.2) is 0 Å². The number of nitrogens with zero attached hydrogens (tertiary/aromatic N) is 1. The molecule has 1 unspecified atom stereocenters. The molecule has 2 nitrogen and oxygen atoms in total. The van der Waals surface area contributed by atoms with Gasteiger partial charge in [0.05, 0.1) is 0 Å². The van der Waals surface area contributed by atoms with E-state index < -0.39 is 0 Å². The van der Waals surface area contributed by atoms with Crippen LogP contribution in [0.3, 0.4) is 0 Å². The summed E-state index contributed by atoms with van der Waals surface area (Å²) in [5, 5.41) is 3.74. The molecule has 1 aromatic rings. The predicted octanol–water partition coefficient (Wildman–Crippen LogP) is 3.57. The fourth-order valence-corrected chi connectivity index (χ4v) is 3.35. The summed E-state index contributed by atoms with van der Waals surface area (Å²) in [5.74, 6) is 0.938. The molecule has 19 heavy (non-hydrogen) atoms.